The van der Waals surface area contributed by atoms with Crippen LogP contribution in [0.3, 0.4) is 0 Å². The topological polar surface area (TPSA) is 93.5 Å². The Morgan fingerprint density at radius 2 is 1.89 bits per heavy atom. The number of nitrogens with zero attached hydrogens (tertiary/aromatic N) is 2. The third kappa shape index (κ3) is 5.57. The first kappa shape index (κ1) is 21.9. The van der Waals surface area contributed by atoms with Crippen molar-refractivity contribution >= 4 is 19.3 Å². The van der Waals surface area contributed by atoms with E-state index in [1.807, 2.05) is 39.8 Å². The van der Waals surface area contributed by atoms with Crippen LogP contribution in [0.25, 0.3) is 6.08 Å². The molecule has 1 aromatic heterocycles. The summed E-state index contributed by atoms with van der Waals surface area (Å²) in [5.41, 5.74) is 0.221. The number of hydrogen-bond donors (Lipinski definition) is 1. The summed E-state index contributed by atoms with van der Waals surface area (Å²) < 4.78 is 17.5. The summed E-state index contributed by atoms with van der Waals surface area (Å²) >= 11 is 0. The number of carbonyl (C=O) groups is 1. The number of hydrogen-bond acceptors (Lipinski definition) is 6. The van der Waals surface area contributed by atoms with Crippen molar-refractivity contribution in [2.24, 2.45) is 0 Å². The number of nitriles is 1. The first-order chi connectivity index (χ1) is 12.8. The fourth-order valence-electron chi connectivity index (χ4n) is 2.46. The molecular weight excluding hydrogens is 357 g/mol. The van der Waals surface area contributed by atoms with E-state index in [1.165, 1.54) is 0 Å². The number of carbonyl (C=O) groups excluding carboxylic acids is 1. The predicted octanol–water partition coefficient (Wildman–Crippen LogP) is 3.49. The first-order valence-corrected chi connectivity index (χ1v) is 9.22. The number of alkyl carbamates (subject to hydrolysis) is 1. The van der Waals surface area contributed by atoms with Crippen molar-refractivity contribution in [1.29, 1.82) is 5.26 Å². The van der Waals surface area contributed by atoms with E-state index in [2.05, 4.69) is 10.3 Å². The highest BCUT2D eigenvalue weighted by Crippen LogP contribution is 2.38. The van der Waals surface area contributed by atoms with Gasteiger partial charge in [0, 0.05) is 12.7 Å². The number of aromatic nitrogens is 1. The van der Waals surface area contributed by atoms with Gasteiger partial charge in [-0.3, -0.25) is 0 Å². The summed E-state index contributed by atoms with van der Waals surface area (Å²) in [6.07, 6.45) is 2.91. The molecule has 8 heteroatoms. The van der Waals surface area contributed by atoms with Crippen molar-refractivity contribution < 1.29 is 18.8 Å². The van der Waals surface area contributed by atoms with Crippen LogP contribution in [0.15, 0.2) is 23.8 Å². The first-order valence-electron chi connectivity index (χ1n) is 9.22. The molecule has 0 radical (unpaired) electrons. The Kier molecular flexibility index (Phi) is 6.22. The number of ether oxygens (including phenoxy) is 1. The molecule has 1 aliphatic rings. The molecule has 0 aliphatic carbocycles. The zero-order valence-corrected chi connectivity index (χ0v) is 17.6. The van der Waals surface area contributed by atoms with Crippen LogP contribution in [0.2, 0.25) is 0 Å². The normalized spacial score (nSPS) is 18.5. The molecule has 1 fully saturated rings. The van der Waals surface area contributed by atoms with E-state index in [0.717, 1.165) is 11.0 Å². The van der Waals surface area contributed by atoms with Gasteiger partial charge in [-0.25, -0.2) is 9.78 Å². The Labute approximate surface area is 167 Å². The van der Waals surface area contributed by atoms with Gasteiger partial charge in [0.05, 0.1) is 11.2 Å². The summed E-state index contributed by atoms with van der Waals surface area (Å²) in [6.45, 7) is 13.5. The summed E-state index contributed by atoms with van der Waals surface area (Å²) in [5.74, 6) is 0. The van der Waals surface area contributed by atoms with Crippen LogP contribution in [0.5, 0.6) is 0 Å². The lowest BCUT2D eigenvalue weighted by molar-refractivity contribution is 0.00578. The second kappa shape index (κ2) is 7.94. The molecule has 0 unspecified atom stereocenters. The zero-order chi connectivity index (χ0) is 21.2. The second-order valence-electron chi connectivity index (χ2n) is 8.75. The van der Waals surface area contributed by atoms with Gasteiger partial charge in [0.25, 0.3) is 0 Å². The predicted molar refractivity (Wildman–Crippen MR) is 107 cm³/mol. The standard InChI is InChI=1S/C20H28BN3O4/c1-18(2,3)26-17(25)24-13-15(10-14-8-9-16(11-22)23-12-14)21-27-19(4,5)20(6,7)28-21/h8-10,12H,13H2,1-7H3,(H,24,25). The van der Waals surface area contributed by atoms with Gasteiger partial charge >= 0.3 is 13.2 Å². The van der Waals surface area contributed by atoms with Crippen molar-refractivity contribution in [2.45, 2.75) is 65.3 Å². The average Bonchev–Trinajstić information content (AvgIpc) is 2.78. The van der Waals surface area contributed by atoms with E-state index in [9.17, 15) is 4.79 Å². The van der Waals surface area contributed by atoms with Gasteiger partial charge in [-0.2, -0.15) is 5.26 Å². The molecule has 1 N–H and O–H groups in total. The van der Waals surface area contributed by atoms with E-state index < -0.39 is 30.0 Å². The van der Waals surface area contributed by atoms with Gasteiger partial charge in [-0.1, -0.05) is 12.1 Å². The minimum Gasteiger partial charge on any atom is -0.444 e. The molecular formula is C20H28BN3O4. The molecule has 1 aliphatic heterocycles. The SMILES string of the molecule is CC(C)(C)OC(=O)NCC(=Cc1ccc(C#N)nc1)B1OC(C)(C)C(C)(C)O1. The van der Waals surface area contributed by atoms with Crippen molar-refractivity contribution in [3.63, 3.8) is 0 Å². The van der Waals surface area contributed by atoms with Gasteiger partial charge in [0.1, 0.15) is 17.4 Å². The Bertz CT molecular complexity index is 773. The van der Waals surface area contributed by atoms with Gasteiger partial charge in [0.2, 0.25) is 0 Å². The highest BCUT2D eigenvalue weighted by Gasteiger charge is 2.52. The lowest BCUT2D eigenvalue weighted by atomic mass is 9.77. The molecule has 1 saturated heterocycles. The maximum absolute atomic E-state index is 12.1. The number of amides is 1. The minimum atomic E-state index is -0.629. The molecule has 1 amide bonds. The zero-order valence-electron chi connectivity index (χ0n) is 17.6. The third-order valence-electron chi connectivity index (χ3n) is 4.64. The molecule has 0 aromatic carbocycles. The summed E-state index contributed by atoms with van der Waals surface area (Å²) in [5, 5.41) is 11.7. The Morgan fingerprint density at radius 1 is 1.29 bits per heavy atom. The fourth-order valence-corrected chi connectivity index (χ4v) is 2.46. The fraction of sp³-hybridized carbons (Fsp3) is 0.550. The van der Waals surface area contributed by atoms with Gasteiger partial charge < -0.3 is 19.4 Å². The van der Waals surface area contributed by atoms with Crippen LogP contribution < -0.4 is 5.32 Å². The molecule has 28 heavy (non-hydrogen) atoms. The molecule has 2 heterocycles. The van der Waals surface area contributed by atoms with Gasteiger partial charge in [-0.15, -0.1) is 0 Å². The highest BCUT2D eigenvalue weighted by molar-refractivity contribution is 6.56. The van der Waals surface area contributed by atoms with E-state index in [0.29, 0.717) is 5.69 Å². The summed E-state index contributed by atoms with van der Waals surface area (Å²) in [4.78, 5) is 16.2. The molecule has 7 nitrogen and oxygen atoms in total. The van der Waals surface area contributed by atoms with Crippen molar-refractivity contribution in [3.8, 4) is 6.07 Å². The van der Waals surface area contributed by atoms with E-state index in [4.69, 9.17) is 19.3 Å². The van der Waals surface area contributed by atoms with E-state index in [1.54, 1.807) is 39.1 Å². The van der Waals surface area contributed by atoms with Gasteiger partial charge in [0.15, 0.2) is 0 Å². The van der Waals surface area contributed by atoms with Crippen LogP contribution >= 0.6 is 0 Å². The molecule has 1 aromatic rings. The summed E-state index contributed by atoms with van der Waals surface area (Å²) in [7, 11) is -0.629. The van der Waals surface area contributed by atoms with Crippen LogP contribution in [-0.2, 0) is 14.0 Å². The lowest BCUT2D eigenvalue weighted by Gasteiger charge is -2.32. The minimum absolute atomic E-state index is 0.186. The average molecular weight is 385 g/mol. The monoisotopic (exact) mass is 385 g/mol. The number of nitrogens with one attached hydrogen (secondary N) is 1. The summed E-state index contributed by atoms with van der Waals surface area (Å²) in [6, 6.07) is 5.41. The van der Waals surface area contributed by atoms with Crippen LogP contribution in [-0.4, -0.2) is 41.5 Å². The largest absolute Gasteiger partial charge is 0.492 e. The van der Waals surface area contributed by atoms with Crippen molar-refractivity contribution in [1.82, 2.24) is 10.3 Å². The molecule has 0 saturated carbocycles. The lowest BCUT2D eigenvalue weighted by Crippen LogP contribution is -2.41. The highest BCUT2D eigenvalue weighted by atomic mass is 16.7. The molecule has 0 atom stereocenters. The molecule has 150 valence electrons. The molecule has 0 bridgehead atoms. The van der Waals surface area contributed by atoms with Crippen molar-refractivity contribution in [2.75, 3.05) is 6.54 Å². The number of rotatable bonds is 4. The Morgan fingerprint density at radius 3 is 2.36 bits per heavy atom. The van der Waals surface area contributed by atoms with Crippen molar-refractivity contribution in [3.05, 3.63) is 35.1 Å². The Balaban J connectivity index is 2.24. The molecule has 0 spiro atoms. The van der Waals surface area contributed by atoms with Crippen LogP contribution in [0, 0.1) is 11.3 Å². The van der Waals surface area contributed by atoms with Crippen LogP contribution in [0.1, 0.15) is 59.7 Å². The smallest absolute Gasteiger partial charge is 0.444 e. The van der Waals surface area contributed by atoms with Crippen LogP contribution in [0.4, 0.5) is 4.79 Å². The second-order valence-corrected chi connectivity index (χ2v) is 8.75. The Hall–Kier alpha value is -2.37. The van der Waals surface area contributed by atoms with Gasteiger partial charge in [-0.05, 0) is 65.6 Å². The molecule has 2 rings (SSSR count). The van der Waals surface area contributed by atoms with E-state index >= 15 is 0 Å². The maximum atomic E-state index is 12.1. The van der Waals surface area contributed by atoms with E-state index in [-0.39, 0.29) is 6.54 Å². The number of pyridine rings is 1. The third-order valence-corrected chi connectivity index (χ3v) is 4.64. The quantitative estimate of drug-likeness (QED) is 0.798. The maximum Gasteiger partial charge on any atom is 0.492 e.